The maximum Gasteiger partial charge on any atom is 0.308 e. The number of rotatable bonds is 3. The van der Waals surface area contributed by atoms with Gasteiger partial charge in [-0.3, -0.25) is 9.59 Å². The van der Waals surface area contributed by atoms with Crippen LogP contribution in [0.25, 0.3) is 11.4 Å². The number of hydrogen-bond donors (Lipinski definition) is 2. The fraction of sp³-hybridized carbons (Fsp3) is 0.214. The number of aromatic amines is 1. The van der Waals surface area contributed by atoms with E-state index in [1.807, 2.05) is 25.1 Å². The number of aryl methyl sites for hydroxylation is 2. The summed E-state index contributed by atoms with van der Waals surface area (Å²) in [5, 5.41) is 8.79. The van der Waals surface area contributed by atoms with Gasteiger partial charge in [0.05, 0.1) is 6.42 Å². The lowest BCUT2D eigenvalue weighted by atomic mass is 10.1. The summed E-state index contributed by atoms with van der Waals surface area (Å²) in [6.07, 6.45) is -0.330. The van der Waals surface area contributed by atoms with Crippen molar-refractivity contribution in [3.05, 3.63) is 49.8 Å². The van der Waals surface area contributed by atoms with Crippen LogP contribution in [-0.2, 0) is 11.2 Å². The Balaban J connectivity index is 2.55. The van der Waals surface area contributed by atoms with Crippen LogP contribution in [0, 0.1) is 13.8 Å². The molecule has 0 aliphatic rings. The fourth-order valence-corrected chi connectivity index (χ4v) is 2.59. The largest absolute Gasteiger partial charge is 0.481 e. The van der Waals surface area contributed by atoms with Gasteiger partial charge in [-0.05, 0) is 31.5 Å². The number of carboxylic acids is 1. The predicted octanol–water partition coefficient (Wildman–Crippen LogP) is 2.44. The van der Waals surface area contributed by atoms with Crippen LogP contribution in [0.1, 0.15) is 16.8 Å². The molecule has 0 amide bonds. The zero-order valence-electron chi connectivity index (χ0n) is 11.0. The quantitative estimate of drug-likeness (QED) is 0.901. The molecule has 0 saturated heterocycles. The summed E-state index contributed by atoms with van der Waals surface area (Å²) < 4.78 is 0.825. The second-order valence-electron chi connectivity index (χ2n) is 4.53. The van der Waals surface area contributed by atoms with Crippen molar-refractivity contribution in [2.24, 2.45) is 0 Å². The summed E-state index contributed by atoms with van der Waals surface area (Å²) in [6.45, 7) is 3.60. The minimum atomic E-state index is -1.05. The van der Waals surface area contributed by atoms with Crippen LogP contribution in [0.5, 0.6) is 0 Å². The van der Waals surface area contributed by atoms with Crippen LogP contribution in [0.4, 0.5) is 0 Å². The van der Waals surface area contributed by atoms with Crippen molar-refractivity contribution in [3.63, 3.8) is 0 Å². The van der Waals surface area contributed by atoms with Gasteiger partial charge in [0.15, 0.2) is 0 Å². The summed E-state index contributed by atoms with van der Waals surface area (Å²) in [5.74, 6) is -0.627. The van der Waals surface area contributed by atoms with Crippen LogP contribution >= 0.6 is 15.9 Å². The van der Waals surface area contributed by atoms with E-state index in [2.05, 4.69) is 25.9 Å². The number of nitrogens with zero attached hydrogens (tertiary/aromatic N) is 1. The van der Waals surface area contributed by atoms with E-state index < -0.39 is 11.5 Å². The van der Waals surface area contributed by atoms with E-state index in [0.717, 1.165) is 15.6 Å². The lowest BCUT2D eigenvalue weighted by Gasteiger charge is -2.08. The molecule has 0 saturated carbocycles. The Bertz CT molecular complexity index is 738. The second-order valence-corrected chi connectivity index (χ2v) is 5.39. The minimum absolute atomic E-state index is 0.185. The Morgan fingerprint density at radius 3 is 2.65 bits per heavy atom. The molecule has 20 heavy (non-hydrogen) atoms. The normalized spacial score (nSPS) is 10.6. The van der Waals surface area contributed by atoms with Gasteiger partial charge in [0.25, 0.3) is 5.56 Å². The monoisotopic (exact) mass is 336 g/mol. The molecule has 2 rings (SSSR count). The lowest BCUT2D eigenvalue weighted by Crippen LogP contribution is -2.20. The second kappa shape index (κ2) is 5.58. The zero-order chi connectivity index (χ0) is 14.9. The first kappa shape index (κ1) is 14.5. The van der Waals surface area contributed by atoms with Crippen LogP contribution in [0.3, 0.4) is 0 Å². The molecule has 0 bridgehead atoms. The van der Waals surface area contributed by atoms with Crippen molar-refractivity contribution in [1.29, 1.82) is 0 Å². The number of carbonyl (C=O) groups is 1. The van der Waals surface area contributed by atoms with Crippen molar-refractivity contribution < 1.29 is 9.90 Å². The number of carboxylic acid groups (broad SMARTS) is 1. The van der Waals surface area contributed by atoms with Crippen molar-refractivity contribution in [2.75, 3.05) is 0 Å². The summed E-state index contributed by atoms with van der Waals surface area (Å²) >= 11 is 3.44. The third kappa shape index (κ3) is 2.96. The summed E-state index contributed by atoms with van der Waals surface area (Å²) in [4.78, 5) is 29.6. The molecule has 0 unspecified atom stereocenters. The molecule has 1 aromatic heterocycles. The Morgan fingerprint density at radius 1 is 1.40 bits per heavy atom. The molecule has 0 aliphatic carbocycles. The lowest BCUT2D eigenvalue weighted by molar-refractivity contribution is -0.136. The number of hydrogen-bond acceptors (Lipinski definition) is 3. The van der Waals surface area contributed by atoms with Crippen LogP contribution in [-0.4, -0.2) is 21.0 Å². The first-order chi connectivity index (χ1) is 9.38. The van der Waals surface area contributed by atoms with E-state index in [0.29, 0.717) is 11.5 Å². The van der Waals surface area contributed by atoms with E-state index in [1.165, 1.54) is 0 Å². The molecule has 0 fully saturated rings. The Kier molecular flexibility index (Phi) is 4.04. The van der Waals surface area contributed by atoms with Gasteiger partial charge in [-0.2, -0.15) is 0 Å². The zero-order valence-corrected chi connectivity index (χ0v) is 12.6. The maximum absolute atomic E-state index is 12.0. The smallest absolute Gasteiger partial charge is 0.308 e. The summed E-state index contributed by atoms with van der Waals surface area (Å²) in [7, 11) is 0. The van der Waals surface area contributed by atoms with Crippen LogP contribution in [0.15, 0.2) is 27.5 Å². The molecule has 5 nitrogen and oxygen atoms in total. The molecule has 2 N–H and O–H groups in total. The first-order valence-corrected chi connectivity index (χ1v) is 6.76. The molecule has 0 radical (unpaired) electrons. The van der Waals surface area contributed by atoms with Gasteiger partial charge in [0.2, 0.25) is 0 Å². The third-order valence-corrected chi connectivity index (χ3v) is 3.59. The van der Waals surface area contributed by atoms with Crippen molar-refractivity contribution in [1.82, 2.24) is 9.97 Å². The van der Waals surface area contributed by atoms with Gasteiger partial charge in [0, 0.05) is 21.3 Å². The Morgan fingerprint density at radius 2 is 2.10 bits per heavy atom. The van der Waals surface area contributed by atoms with E-state index >= 15 is 0 Å². The molecule has 1 aromatic carbocycles. The SMILES string of the molecule is Cc1ccc(-c2nc(C)c(CC(=O)O)c(=O)[nH]2)c(Br)c1. The van der Waals surface area contributed by atoms with Gasteiger partial charge >= 0.3 is 5.97 Å². The summed E-state index contributed by atoms with van der Waals surface area (Å²) in [6, 6.07) is 5.70. The highest BCUT2D eigenvalue weighted by Gasteiger charge is 2.13. The van der Waals surface area contributed by atoms with Gasteiger partial charge in [-0.25, -0.2) is 4.98 Å². The highest BCUT2D eigenvalue weighted by Crippen LogP contribution is 2.26. The third-order valence-electron chi connectivity index (χ3n) is 2.93. The number of aliphatic carboxylic acids is 1. The number of H-pyrrole nitrogens is 1. The molecule has 1 heterocycles. The van der Waals surface area contributed by atoms with Crippen LogP contribution in [0.2, 0.25) is 0 Å². The number of nitrogens with one attached hydrogen (secondary N) is 1. The fourth-order valence-electron chi connectivity index (χ4n) is 1.91. The molecular weight excluding hydrogens is 324 g/mol. The predicted molar refractivity (Wildman–Crippen MR) is 78.8 cm³/mol. The topological polar surface area (TPSA) is 83.0 Å². The van der Waals surface area contributed by atoms with Crippen LogP contribution < -0.4 is 5.56 Å². The highest BCUT2D eigenvalue weighted by molar-refractivity contribution is 9.10. The molecule has 104 valence electrons. The molecule has 0 atom stereocenters. The van der Waals surface area contributed by atoms with Crippen molar-refractivity contribution in [2.45, 2.75) is 20.3 Å². The van der Waals surface area contributed by atoms with E-state index in [1.54, 1.807) is 6.92 Å². The molecular formula is C14H13BrN2O3. The number of halogens is 1. The van der Waals surface area contributed by atoms with Gasteiger partial charge in [-0.1, -0.05) is 22.0 Å². The van der Waals surface area contributed by atoms with Gasteiger partial charge in [0.1, 0.15) is 5.82 Å². The average molecular weight is 337 g/mol. The minimum Gasteiger partial charge on any atom is -0.481 e. The van der Waals surface area contributed by atoms with Gasteiger partial charge < -0.3 is 10.1 Å². The van der Waals surface area contributed by atoms with E-state index in [4.69, 9.17) is 5.11 Å². The summed E-state index contributed by atoms with van der Waals surface area (Å²) in [5.41, 5.74) is 2.05. The van der Waals surface area contributed by atoms with Crippen molar-refractivity contribution >= 4 is 21.9 Å². The molecule has 6 heteroatoms. The average Bonchev–Trinajstić information content (AvgIpc) is 2.33. The van der Waals surface area contributed by atoms with Gasteiger partial charge in [-0.15, -0.1) is 0 Å². The Labute approximate surface area is 123 Å². The van der Waals surface area contributed by atoms with E-state index in [-0.39, 0.29) is 12.0 Å². The Hall–Kier alpha value is -1.95. The number of benzene rings is 1. The molecule has 0 aliphatic heterocycles. The van der Waals surface area contributed by atoms with Crippen molar-refractivity contribution in [3.8, 4) is 11.4 Å². The highest BCUT2D eigenvalue weighted by atomic mass is 79.9. The molecule has 0 spiro atoms. The molecule has 2 aromatic rings. The van der Waals surface area contributed by atoms with E-state index in [9.17, 15) is 9.59 Å². The number of aromatic nitrogens is 2. The maximum atomic E-state index is 12.0. The first-order valence-electron chi connectivity index (χ1n) is 5.96. The standard InChI is InChI=1S/C14H13BrN2O3/c1-7-3-4-9(11(15)5-7)13-16-8(2)10(6-12(18)19)14(20)17-13/h3-5H,6H2,1-2H3,(H,18,19)(H,16,17,20).